The summed E-state index contributed by atoms with van der Waals surface area (Å²) in [7, 11) is 0. The van der Waals surface area contributed by atoms with Crippen molar-refractivity contribution < 1.29 is 14.3 Å². The van der Waals surface area contributed by atoms with Crippen LogP contribution in [0.25, 0.3) is 0 Å². The van der Waals surface area contributed by atoms with Crippen molar-refractivity contribution in [2.24, 2.45) is 10.9 Å². The molecule has 0 aromatic rings. The lowest BCUT2D eigenvalue weighted by Crippen LogP contribution is -2.35. The van der Waals surface area contributed by atoms with Crippen molar-refractivity contribution in [1.29, 1.82) is 0 Å². The molecular formula is C13H19NO3. The van der Waals surface area contributed by atoms with Crippen LogP contribution in [0.5, 0.6) is 0 Å². The Hall–Kier alpha value is -1.16. The Kier molecular flexibility index (Phi) is 3.33. The first-order valence-corrected chi connectivity index (χ1v) is 6.03. The van der Waals surface area contributed by atoms with Crippen molar-refractivity contribution >= 4 is 12.5 Å². The smallest absolute Gasteiger partial charge is 0.165 e. The van der Waals surface area contributed by atoms with Crippen molar-refractivity contribution in [2.75, 3.05) is 0 Å². The van der Waals surface area contributed by atoms with Gasteiger partial charge < -0.3 is 14.3 Å². The molecule has 1 heterocycles. The van der Waals surface area contributed by atoms with Crippen molar-refractivity contribution in [3.05, 3.63) is 11.8 Å². The first-order chi connectivity index (χ1) is 7.99. The van der Waals surface area contributed by atoms with Crippen molar-refractivity contribution in [3.8, 4) is 0 Å². The summed E-state index contributed by atoms with van der Waals surface area (Å²) in [5, 5.41) is 0. The summed E-state index contributed by atoms with van der Waals surface area (Å²) in [6.07, 6.45) is 6.25. The van der Waals surface area contributed by atoms with Crippen LogP contribution in [0.3, 0.4) is 0 Å². The number of dihydropyridines is 1. The van der Waals surface area contributed by atoms with Crippen LogP contribution in [0.2, 0.25) is 0 Å². The predicted octanol–water partition coefficient (Wildman–Crippen LogP) is 2.09. The van der Waals surface area contributed by atoms with Crippen molar-refractivity contribution in [1.82, 2.24) is 0 Å². The zero-order valence-corrected chi connectivity index (χ0v) is 10.6. The molecule has 4 nitrogen and oxygen atoms in total. The number of carbonyl (C=O) groups excluding carboxylic acids is 1. The molecule has 2 atom stereocenters. The molecule has 17 heavy (non-hydrogen) atoms. The molecule has 2 rings (SSSR count). The standard InChI is InChI=1S/C13H19NO3/c1-13(2,3)17-12-10(8-15)11(6-7-14-12)16-9-4-5-9/h6-10,12H,4-5H2,1-3H3. The number of aliphatic imine (C=N–C) groups is 1. The number of hydrogen-bond donors (Lipinski definition) is 0. The van der Waals surface area contributed by atoms with Crippen LogP contribution in [0.4, 0.5) is 0 Å². The summed E-state index contributed by atoms with van der Waals surface area (Å²) < 4.78 is 11.5. The quantitative estimate of drug-likeness (QED) is 0.703. The van der Waals surface area contributed by atoms with E-state index in [0.29, 0.717) is 5.76 Å². The molecule has 2 aliphatic rings. The van der Waals surface area contributed by atoms with Gasteiger partial charge in [0, 0.05) is 6.21 Å². The van der Waals surface area contributed by atoms with Gasteiger partial charge in [-0.25, -0.2) is 0 Å². The molecule has 2 unspecified atom stereocenters. The van der Waals surface area contributed by atoms with Gasteiger partial charge in [0.1, 0.15) is 18.0 Å². The highest BCUT2D eigenvalue weighted by Gasteiger charge is 2.34. The van der Waals surface area contributed by atoms with Gasteiger partial charge in [-0.15, -0.1) is 0 Å². The van der Waals surface area contributed by atoms with E-state index in [-0.39, 0.29) is 11.7 Å². The Morgan fingerprint density at radius 2 is 2.12 bits per heavy atom. The molecule has 0 aromatic heterocycles. The van der Waals surface area contributed by atoms with Gasteiger partial charge in [0.2, 0.25) is 0 Å². The van der Waals surface area contributed by atoms with E-state index in [0.717, 1.165) is 19.1 Å². The monoisotopic (exact) mass is 237 g/mol. The van der Waals surface area contributed by atoms with Crippen LogP contribution in [-0.4, -0.2) is 30.4 Å². The summed E-state index contributed by atoms with van der Waals surface area (Å²) in [4.78, 5) is 15.4. The summed E-state index contributed by atoms with van der Waals surface area (Å²) in [5.74, 6) is 0.270. The minimum atomic E-state index is -0.466. The highest BCUT2D eigenvalue weighted by Crippen LogP contribution is 2.32. The van der Waals surface area contributed by atoms with E-state index >= 15 is 0 Å². The van der Waals surface area contributed by atoms with Gasteiger partial charge in [-0.1, -0.05) is 0 Å². The topological polar surface area (TPSA) is 47.9 Å². The average molecular weight is 237 g/mol. The molecular weight excluding hydrogens is 218 g/mol. The maximum absolute atomic E-state index is 11.2. The van der Waals surface area contributed by atoms with Crippen molar-refractivity contribution in [2.45, 2.75) is 51.5 Å². The number of aldehydes is 1. The van der Waals surface area contributed by atoms with Gasteiger partial charge in [-0.3, -0.25) is 4.99 Å². The van der Waals surface area contributed by atoms with Gasteiger partial charge in [0.25, 0.3) is 0 Å². The largest absolute Gasteiger partial charge is 0.494 e. The van der Waals surface area contributed by atoms with Gasteiger partial charge in [-0.05, 0) is 39.7 Å². The van der Waals surface area contributed by atoms with E-state index in [1.807, 2.05) is 20.8 Å². The van der Waals surface area contributed by atoms with Gasteiger partial charge in [0.15, 0.2) is 6.23 Å². The van der Waals surface area contributed by atoms with E-state index < -0.39 is 12.1 Å². The lowest BCUT2D eigenvalue weighted by molar-refractivity contribution is -0.123. The molecule has 1 aliphatic heterocycles. The molecule has 4 heteroatoms. The third kappa shape index (κ3) is 3.40. The summed E-state index contributed by atoms with van der Waals surface area (Å²) in [6, 6.07) is 0. The van der Waals surface area contributed by atoms with Crippen LogP contribution in [0.1, 0.15) is 33.6 Å². The van der Waals surface area contributed by atoms with Crippen LogP contribution >= 0.6 is 0 Å². The summed E-state index contributed by atoms with van der Waals surface area (Å²) in [5.41, 5.74) is -0.328. The fraction of sp³-hybridized carbons (Fsp3) is 0.692. The molecule has 1 aliphatic carbocycles. The minimum absolute atomic E-state index is 0.283. The Bertz CT molecular complexity index is 350. The summed E-state index contributed by atoms with van der Waals surface area (Å²) >= 11 is 0. The van der Waals surface area contributed by atoms with Gasteiger partial charge >= 0.3 is 0 Å². The third-order valence-corrected chi connectivity index (χ3v) is 2.56. The van der Waals surface area contributed by atoms with E-state index in [9.17, 15) is 4.79 Å². The Balaban J connectivity index is 2.05. The van der Waals surface area contributed by atoms with Crippen LogP contribution < -0.4 is 0 Å². The Morgan fingerprint density at radius 3 is 2.65 bits per heavy atom. The number of allylic oxidation sites excluding steroid dienone is 1. The SMILES string of the molecule is CC(C)(C)OC1N=CC=C(OC2CC2)C1C=O. The van der Waals surface area contributed by atoms with E-state index in [4.69, 9.17) is 9.47 Å². The number of rotatable bonds is 4. The van der Waals surface area contributed by atoms with E-state index in [2.05, 4.69) is 4.99 Å². The fourth-order valence-corrected chi connectivity index (χ4v) is 1.64. The number of carbonyl (C=O) groups is 1. The molecule has 0 amide bonds. The maximum atomic E-state index is 11.2. The van der Waals surface area contributed by atoms with E-state index in [1.54, 1.807) is 12.3 Å². The van der Waals surface area contributed by atoms with Crippen LogP contribution in [0, 0.1) is 5.92 Å². The molecule has 0 spiro atoms. The molecule has 0 saturated heterocycles. The molecule has 0 radical (unpaired) electrons. The number of nitrogens with zero attached hydrogens (tertiary/aromatic N) is 1. The lowest BCUT2D eigenvalue weighted by atomic mass is 10.0. The normalized spacial score (nSPS) is 28.8. The molecule has 94 valence electrons. The van der Waals surface area contributed by atoms with Crippen LogP contribution in [-0.2, 0) is 14.3 Å². The highest BCUT2D eigenvalue weighted by molar-refractivity contribution is 5.76. The summed E-state index contributed by atoms with van der Waals surface area (Å²) in [6.45, 7) is 5.85. The second kappa shape index (κ2) is 4.61. The minimum Gasteiger partial charge on any atom is -0.494 e. The predicted molar refractivity (Wildman–Crippen MR) is 64.9 cm³/mol. The van der Waals surface area contributed by atoms with Crippen molar-refractivity contribution in [3.63, 3.8) is 0 Å². The van der Waals surface area contributed by atoms with Crippen LogP contribution in [0.15, 0.2) is 16.8 Å². The fourth-order valence-electron chi connectivity index (χ4n) is 1.64. The lowest BCUT2D eigenvalue weighted by Gasteiger charge is -2.30. The molecule has 0 bridgehead atoms. The molecule has 1 saturated carbocycles. The Labute approximate surface area is 102 Å². The second-order valence-corrected chi connectivity index (χ2v) is 5.47. The first-order valence-electron chi connectivity index (χ1n) is 6.03. The Morgan fingerprint density at radius 1 is 1.41 bits per heavy atom. The third-order valence-electron chi connectivity index (χ3n) is 2.56. The highest BCUT2D eigenvalue weighted by atomic mass is 16.5. The van der Waals surface area contributed by atoms with E-state index in [1.165, 1.54) is 0 Å². The molecule has 0 aromatic carbocycles. The molecule has 0 N–H and O–H groups in total. The van der Waals surface area contributed by atoms with Gasteiger partial charge in [0.05, 0.1) is 11.7 Å². The zero-order chi connectivity index (χ0) is 12.5. The zero-order valence-electron chi connectivity index (χ0n) is 10.6. The number of ether oxygens (including phenoxy) is 2. The number of hydrogen-bond acceptors (Lipinski definition) is 4. The molecule has 1 fully saturated rings. The van der Waals surface area contributed by atoms with Gasteiger partial charge in [-0.2, -0.15) is 0 Å². The maximum Gasteiger partial charge on any atom is 0.165 e. The first kappa shape index (κ1) is 12.3. The average Bonchev–Trinajstić information content (AvgIpc) is 2.99. The second-order valence-electron chi connectivity index (χ2n) is 5.47.